The van der Waals surface area contributed by atoms with Crippen LogP contribution in [0, 0.1) is 11.8 Å². The summed E-state index contributed by atoms with van der Waals surface area (Å²) in [7, 11) is 0. The summed E-state index contributed by atoms with van der Waals surface area (Å²) in [6.45, 7) is 11.7. The molecule has 2 heterocycles. The summed E-state index contributed by atoms with van der Waals surface area (Å²) in [4.78, 5) is 41.3. The number of likely N-dealkylation sites (tertiary alicyclic amines) is 1. The van der Waals surface area contributed by atoms with Gasteiger partial charge in [0.15, 0.2) is 5.78 Å². The van der Waals surface area contributed by atoms with Crippen LogP contribution in [0.2, 0.25) is 5.02 Å². The molecule has 2 amide bonds. The van der Waals surface area contributed by atoms with E-state index >= 15 is 0 Å². The number of amides is 2. The maximum absolute atomic E-state index is 13.8. The van der Waals surface area contributed by atoms with Crippen molar-refractivity contribution in [1.82, 2.24) is 10.2 Å². The number of nitrogens with two attached hydrogens (primary N) is 1. The summed E-state index contributed by atoms with van der Waals surface area (Å²) in [5.41, 5.74) is 4.73. The summed E-state index contributed by atoms with van der Waals surface area (Å²) in [5, 5.41) is 3.88. The molecule has 2 aliphatic rings. The van der Waals surface area contributed by atoms with Crippen LogP contribution in [0.4, 0.5) is 4.79 Å². The number of ether oxygens (including phenoxy) is 2. The SMILES string of the molecule is C[C@H](N)C(=O)C1[C@H](C(=O)N[C@@]2(Cc3ccc(Cl)cc3)CCCN(C(=O)OC(C)(C)C)C2)COC1(C)C. The molecule has 4 atom stereocenters. The van der Waals surface area contributed by atoms with Gasteiger partial charge in [0, 0.05) is 18.1 Å². The van der Waals surface area contributed by atoms with Crippen molar-refractivity contribution in [3.8, 4) is 0 Å². The number of hydrogen-bond acceptors (Lipinski definition) is 6. The molecule has 0 aliphatic carbocycles. The van der Waals surface area contributed by atoms with Crippen LogP contribution < -0.4 is 11.1 Å². The molecule has 3 N–H and O–H groups in total. The van der Waals surface area contributed by atoms with Crippen LogP contribution >= 0.6 is 11.6 Å². The highest BCUT2D eigenvalue weighted by atomic mass is 35.5. The predicted octanol–water partition coefficient (Wildman–Crippen LogP) is 3.73. The summed E-state index contributed by atoms with van der Waals surface area (Å²) in [6, 6.07) is 6.77. The van der Waals surface area contributed by atoms with Gasteiger partial charge in [-0.1, -0.05) is 23.7 Å². The molecule has 9 heteroatoms. The minimum atomic E-state index is -0.800. The van der Waals surface area contributed by atoms with E-state index in [0.717, 1.165) is 5.56 Å². The number of halogens is 1. The monoisotopic (exact) mass is 521 g/mol. The normalized spacial score (nSPS) is 26.8. The highest BCUT2D eigenvalue weighted by Crippen LogP contribution is 2.38. The molecule has 200 valence electrons. The number of rotatable bonds is 6. The van der Waals surface area contributed by atoms with Gasteiger partial charge < -0.3 is 25.4 Å². The molecule has 2 saturated heterocycles. The third-order valence-electron chi connectivity index (χ3n) is 6.95. The first-order chi connectivity index (χ1) is 16.6. The van der Waals surface area contributed by atoms with Crippen LogP contribution in [-0.4, -0.2) is 65.2 Å². The number of piperidine rings is 1. The van der Waals surface area contributed by atoms with Crippen molar-refractivity contribution in [1.29, 1.82) is 0 Å². The van der Waals surface area contributed by atoms with Gasteiger partial charge in [-0.3, -0.25) is 9.59 Å². The Labute approximate surface area is 219 Å². The molecule has 1 aromatic carbocycles. The zero-order valence-electron chi connectivity index (χ0n) is 22.2. The molecule has 2 fully saturated rings. The Morgan fingerprint density at radius 1 is 1.25 bits per heavy atom. The van der Waals surface area contributed by atoms with Gasteiger partial charge in [-0.25, -0.2) is 4.79 Å². The van der Waals surface area contributed by atoms with Crippen molar-refractivity contribution in [2.24, 2.45) is 17.6 Å². The number of benzene rings is 1. The van der Waals surface area contributed by atoms with Crippen LogP contribution in [0.1, 0.15) is 59.9 Å². The Kier molecular flexibility index (Phi) is 8.43. The first kappa shape index (κ1) is 28.4. The Bertz CT molecular complexity index is 973. The van der Waals surface area contributed by atoms with Gasteiger partial charge in [0.1, 0.15) is 5.60 Å². The van der Waals surface area contributed by atoms with Gasteiger partial charge in [-0.05, 0) is 78.5 Å². The lowest BCUT2D eigenvalue weighted by atomic mass is 9.76. The van der Waals surface area contributed by atoms with Crippen molar-refractivity contribution >= 4 is 29.4 Å². The van der Waals surface area contributed by atoms with Gasteiger partial charge in [0.05, 0.1) is 35.6 Å². The maximum Gasteiger partial charge on any atom is 0.410 e. The van der Waals surface area contributed by atoms with Gasteiger partial charge in [-0.15, -0.1) is 0 Å². The molecule has 36 heavy (non-hydrogen) atoms. The first-order valence-corrected chi connectivity index (χ1v) is 13.0. The van der Waals surface area contributed by atoms with Gasteiger partial charge in [-0.2, -0.15) is 0 Å². The van der Waals surface area contributed by atoms with E-state index in [-0.39, 0.29) is 18.3 Å². The number of nitrogens with zero attached hydrogens (tertiary/aromatic N) is 1. The Hall–Kier alpha value is -2.16. The number of Topliss-reactive ketones (excluding diaryl/α,β-unsaturated/α-hetero) is 1. The lowest BCUT2D eigenvalue weighted by Gasteiger charge is -2.44. The maximum atomic E-state index is 13.8. The molecule has 0 radical (unpaired) electrons. The minimum absolute atomic E-state index is 0.134. The van der Waals surface area contributed by atoms with Crippen LogP contribution in [0.25, 0.3) is 0 Å². The fraction of sp³-hybridized carbons (Fsp3) is 0.667. The molecule has 2 aliphatic heterocycles. The number of hydrogen-bond donors (Lipinski definition) is 2. The first-order valence-electron chi connectivity index (χ1n) is 12.6. The van der Waals surface area contributed by atoms with Crippen molar-refractivity contribution in [2.45, 2.75) is 83.6 Å². The molecular formula is C27H40ClN3O5. The number of carbonyl (C=O) groups excluding carboxylic acids is 3. The molecular weight excluding hydrogens is 482 g/mol. The lowest BCUT2D eigenvalue weighted by Crippen LogP contribution is -2.62. The van der Waals surface area contributed by atoms with Crippen LogP contribution in [0.15, 0.2) is 24.3 Å². The van der Waals surface area contributed by atoms with Crippen molar-refractivity contribution < 1.29 is 23.9 Å². The Morgan fingerprint density at radius 2 is 1.89 bits per heavy atom. The molecule has 1 unspecified atom stereocenters. The summed E-state index contributed by atoms with van der Waals surface area (Å²) >= 11 is 6.09. The van der Waals surface area contributed by atoms with Crippen LogP contribution in [-0.2, 0) is 25.5 Å². The third kappa shape index (κ3) is 6.78. The standard InChI is InChI=1S/C27H40ClN3O5/c1-17(29)22(32)21-20(15-35-26(21,5)6)23(33)30-27(14-18-8-10-19(28)11-9-18)12-7-13-31(16-27)24(34)36-25(2,3)4/h8-11,17,20-21H,7,12-16,29H2,1-6H3,(H,30,33)/t17-,20+,21?,27+/m0/s1. The van der Waals surface area contributed by atoms with E-state index in [1.165, 1.54) is 0 Å². The van der Waals surface area contributed by atoms with Gasteiger partial charge in [0.25, 0.3) is 0 Å². The predicted molar refractivity (Wildman–Crippen MR) is 139 cm³/mol. The molecule has 0 spiro atoms. The second kappa shape index (κ2) is 10.7. The smallest absolute Gasteiger partial charge is 0.410 e. The van der Waals surface area contributed by atoms with E-state index in [1.807, 2.05) is 58.9 Å². The van der Waals surface area contributed by atoms with E-state index in [4.69, 9.17) is 26.8 Å². The number of carbonyl (C=O) groups is 3. The molecule has 0 aromatic heterocycles. The van der Waals surface area contributed by atoms with Crippen LogP contribution in [0.3, 0.4) is 0 Å². The van der Waals surface area contributed by atoms with Gasteiger partial charge >= 0.3 is 6.09 Å². The molecule has 0 saturated carbocycles. The van der Waals surface area contributed by atoms with E-state index in [1.54, 1.807) is 11.8 Å². The van der Waals surface area contributed by atoms with E-state index in [0.29, 0.717) is 37.4 Å². The van der Waals surface area contributed by atoms with Crippen molar-refractivity contribution in [2.75, 3.05) is 19.7 Å². The van der Waals surface area contributed by atoms with E-state index in [9.17, 15) is 14.4 Å². The second-order valence-corrected chi connectivity index (χ2v) is 12.2. The molecule has 3 rings (SSSR count). The number of nitrogens with one attached hydrogen (secondary N) is 1. The molecule has 1 aromatic rings. The zero-order chi connectivity index (χ0) is 26.9. The second-order valence-electron chi connectivity index (χ2n) is 11.8. The zero-order valence-corrected chi connectivity index (χ0v) is 23.0. The molecule has 8 nitrogen and oxygen atoms in total. The fourth-order valence-electron chi connectivity index (χ4n) is 5.28. The number of ketones is 1. The average Bonchev–Trinajstić information content (AvgIpc) is 3.08. The summed E-state index contributed by atoms with van der Waals surface area (Å²) < 4.78 is 11.5. The van der Waals surface area contributed by atoms with Crippen molar-refractivity contribution in [3.63, 3.8) is 0 Å². The highest BCUT2D eigenvalue weighted by Gasteiger charge is 2.52. The lowest BCUT2D eigenvalue weighted by molar-refractivity contribution is -0.136. The summed E-state index contributed by atoms with van der Waals surface area (Å²) in [6.07, 6.45) is 1.45. The summed E-state index contributed by atoms with van der Waals surface area (Å²) in [5.74, 6) is -1.78. The topological polar surface area (TPSA) is 111 Å². The van der Waals surface area contributed by atoms with Crippen molar-refractivity contribution in [3.05, 3.63) is 34.9 Å². The molecule has 0 bridgehead atoms. The minimum Gasteiger partial charge on any atom is -0.444 e. The Morgan fingerprint density at radius 3 is 2.47 bits per heavy atom. The van der Waals surface area contributed by atoms with E-state index < -0.39 is 40.7 Å². The fourth-order valence-corrected chi connectivity index (χ4v) is 5.40. The van der Waals surface area contributed by atoms with Crippen LogP contribution in [0.5, 0.6) is 0 Å². The largest absolute Gasteiger partial charge is 0.444 e. The Balaban J connectivity index is 1.89. The quantitative estimate of drug-likeness (QED) is 0.590. The third-order valence-corrected chi connectivity index (χ3v) is 7.20. The highest BCUT2D eigenvalue weighted by molar-refractivity contribution is 6.30. The van der Waals surface area contributed by atoms with E-state index in [2.05, 4.69) is 5.32 Å². The average molecular weight is 522 g/mol. The van der Waals surface area contributed by atoms with Gasteiger partial charge in [0.2, 0.25) is 5.91 Å².